The second-order valence-corrected chi connectivity index (χ2v) is 11.9. The van der Waals surface area contributed by atoms with Gasteiger partial charge in [0.2, 0.25) is 0 Å². The van der Waals surface area contributed by atoms with E-state index in [1.165, 1.54) is 11.3 Å². The SMILES string of the molecule is CNC(=O)c1ccc(-c2cn3c(n2)sc2cc(C(=O)NC4[C@H]5CN(C(=O)OC(C)(C)C)C[C@@H]45)ccc23)cc1. The Morgan fingerprint density at radius 1 is 1.00 bits per heavy atom. The number of ether oxygens (including phenoxy) is 1. The zero-order valence-corrected chi connectivity index (χ0v) is 22.5. The minimum atomic E-state index is -0.513. The zero-order chi connectivity index (χ0) is 26.8. The standard InChI is InChI=1S/C28H29N5O4S/c1-28(2,3)37-27(36)32-12-18-19(13-32)23(18)31-25(35)17-9-10-21-22(11-17)38-26-30-20(14-33(21)26)15-5-7-16(8-6-15)24(34)29-4/h5-11,14,18-19,23H,12-13H2,1-4H3,(H,29,34)(H,31,35)/t18-,19+,23?. The fourth-order valence-corrected chi connectivity index (χ4v) is 6.22. The first-order valence-electron chi connectivity index (χ1n) is 12.6. The van der Waals surface area contributed by atoms with Crippen molar-refractivity contribution in [2.75, 3.05) is 20.1 Å². The second kappa shape index (κ2) is 8.83. The van der Waals surface area contributed by atoms with Gasteiger partial charge in [-0.2, -0.15) is 0 Å². The number of carbonyl (C=O) groups is 3. The van der Waals surface area contributed by atoms with Crippen molar-refractivity contribution in [1.82, 2.24) is 24.9 Å². The summed E-state index contributed by atoms with van der Waals surface area (Å²) in [6.07, 6.45) is 1.69. The predicted molar refractivity (Wildman–Crippen MR) is 145 cm³/mol. The molecule has 2 fully saturated rings. The highest BCUT2D eigenvalue weighted by molar-refractivity contribution is 7.23. The van der Waals surface area contributed by atoms with Gasteiger partial charge in [-0.05, 0) is 51.1 Å². The Labute approximate surface area is 223 Å². The number of hydrogen-bond acceptors (Lipinski definition) is 6. The van der Waals surface area contributed by atoms with Crippen LogP contribution >= 0.6 is 11.3 Å². The second-order valence-electron chi connectivity index (χ2n) is 10.9. The summed E-state index contributed by atoms with van der Waals surface area (Å²) in [5.41, 5.74) is 3.44. The Morgan fingerprint density at radius 3 is 2.34 bits per heavy atom. The molecule has 3 amide bonds. The van der Waals surface area contributed by atoms with E-state index in [-0.39, 0.29) is 35.8 Å². The lowest BCUT2D eigenvalue weighted by molar-refractivity contribution is 0.0269. The number of aromatic nitrogens is 2. The molecular weight excluding hydrogens is 502 g/mol. The van der Waals surface area contributed by atoms with Crippen molar-refractivity contribution in [2.24, 2.45) is 11.8 Å². The van der Waals surface area contributed by atoms with Gasteiger partial charge in [-0.25, -0.2) is 9.78 Å². The maximum atomic E-state index is 13.0. The number of imidazole rings is 1. The van der Waals surface area contributed by atoms with Gasteiger partial charge in [-0.1, -0.05) is 23.5 Å². The van der Waals surface area contributed by atoms with Crippen LogP contribution in [0.15, 0.2) is 48.7 Å². The number of thiazole rings is 1. The Kier molecular flexibility index (Phi) is 5.68. The molecule has 2 aromatic carbocycles. The van der Waals surface area contributed by atoms with E-state index in [9.17, 15) is 14.4 Å². The average molecular weight is 532 g/mol. The van der Waals surface area contributed by atoms with E-state index in [1.807, 2.05) is 61.7 Å². The number of amides is 3. The van der Waals surface area contributed by atoms with E-state index >= 15 is 0 Å². The van der Waals surface area contributed by atoms with Crippen LogP contribution in [0.1, 0.15) is 41.5 Å². The summed E-state index contributed by atoms with van der Waals surface area (Å²) in [6, 6.07) is 13.1. The molecule has 1 aliphatic heterocycles. The summed E-state index contributed by atoms with van der Waals surface area (Å²) in [5.74, 6) is 0.340. The number of nitrogens with zero attached hydrogens (tertiary/aromatic N) is 3. The molecule has 0 spiro atoms. The number of hydrogen-bond donors (Lipinski definition) is 2. The first kappa shape index (κ1) is 24.4. The molecule has 1 aliphatic carbocycles. The Bertz CT molecular complexity index is 1570. The van der Waals surface area contributed by atoms with E-state index in [0.29, 0.717) is 24.2 Å². The smallest absolute Gasteiger partial charge is 0.410 e. The summed E-state index contributed by atoms with van der Waals surface area (Å²) < 4.78 is 8.47. The number of fused-ring (bicyclic) bond motifs is 4. The molecule has 3 atom stereocenters. The van der Waals surface area contributed by atoms with E-state index in [4.69, 9.17) is 9.72 Å². The third kappa shape index (κ3) is 4.38. The van der Waals surface area contributed by atoms with Gasteiger partial charge in [0.15, 0.2) is 4.96 Å². The summed E-state index contributed by atoms with van der Waals surface area (Å²) in [5, 5.41) is 5.78. The Morgan fingerprint density at radius 2 is 1.68 bits per heavy atom. The molecule has 1 saturated heterocycles. The van der Waals surface area contributed by atoms with Crippen molar-refractivity contribution >= 4 is 44.4 Å². The van der Waals surface area contributed by atoms with Crippen LogP contribution in [0.2, 0.25) is 0 Å². The van der Waals surface area contributed by atoms with Crippen LogP contribution in [-0.4, -0.2) is 64.0 Å². The Hall–Kier alpha value is -3.92. The predicted octanol–water partition coefficient (Wildman–Crippen LogP) is 4.17. The minimum Gasteiger partial charge on any atom is -0.444 e. The maximum Gasteiger partial charge on any atom is 0.410 e. The van der Waals surface area contributed by atoms with Crippen LogP contribution < -0.4 is 10.6 Å². The molecule has 4 aromatic rings. The zero-order valence-electron chi connectivity index (χ0n) is 21.6. The third-order valence-corrected chi connectivity index (χ3v) is 8.19. The van der Waals surface area contributed by atoms with Crippen molar-refractivity contribution in [3.8, 4) is 11.3 Å². The van der Waals surface area contributed by atoms with Gasteiger partial charge in [0.25, 0.3) is 11.8 Å². The number of rotatable bonds is 4. The number of benzene rings is 2. The number of likely N-dealkylation sites (tertiary alicyclic amines) is 1. The molecule has 2 N–H and O–H groups in total. The lowest BCUT2D eigenvalue weighted by atomic mass is 10.1. The highest BCUT2D eigenvalue weighted by atomic mass is 32.1. The molecule has 2 aliphatic rings. The molecule has 10 heteroatoms. The Balaban J connectivity index is 1.12. The van der Waals surface area contributed by atoms with Gasteiger partial charge in [0.1, 0.15) is 5.60 Å². The highest BCUT2D eigenvalue weighted by Gasteiger charge is 2.58. The van der Waals surface area contributed by atoms with Crippen LogP contribution in [0.25, 0.3) is 26.4 Å². The van der Waals surface area contributed by atoms with Crippen molar-refractivity contribution in [1.29, 1.82) is 0 Å². The van der Waals surface area contributed by atoms with E-state index in [2.05, 4.69) is 10.6 Å². The van der Waals surface area contributed by atoms with Crippen LogP contribution in [0.4, 0.5) is 4.79 Å². The lowest BCUT2D eigenvalue weighted by Gasteiger charge is -2.26. The van der Waals surface area contributed by atoms with Crippen LogP contribution in [0.5, 0.6) is 0 Å². The quantitative estimate of drug-likeness (QED) is 0.411. The number of carbonyl (C=O) groups excluding carboxylic acids is 3. The normalized spacial score (nSPS) is 20.4. The van der Waals surface area contributed by atoms with Gasteiger partial charge in [-0.3, -0.25) is 14.0 Å². The van der Waals surface area contributed by atoms with Crippen molar-refractivity contribution in [3.63, 3.8) is 0 Å². The topological polar surface area (TPSA) is 105 Å². The minimum absolute atomic E-state index is 0.0925. The van der Waals surface area contributed by atoms with Crippen molar-refractivity contribution < 1.29 is 19.1 Å². The molecule has 2 aromatic heterocycles. The van der Waals surface area contributed by atoms with E-state index in [1.54, 1.807) is 24.1 Å². The first-order valence-corrected chi connectivity index (χ1v) is 13.5. The number of nitrogens with one attached hydrogen (secondary N) is 2. The molecule has 6 rings (SSSR count). The molecule has 9 nitrogen and oxygen atoms in total. The maximum absolute atomic E-state index is 13.0. The number of piperidine rings is 1. The van der Waals surface area contributed by atoms with Crippen LogP contribution in [-0.2, 0) is 4.74 Å². The van der Waals surface area contributed by atoms with Gasteiger partial charge in [-0.15, -0.1) is 0 Å². The molecule has 196 valence electrons. The van der Waals surface area contributed by atoms with E-state index < -0.39 is 5.60 Å². The van der Waals surface area contributed by atoms with Gasteiger partial charge in [0.05, 0.1) is 15.9 Å². The lowest BCUT2D eigenvalue weighted by Crippen LogP contribution is -2.40. The third-order valence-electron chi connectivity index (χ3n) is 7.17. The summed E-state index contributed by atoms with van der Waals surface area (Å²) >= 11 is 1.53. The molecule has 0 radical (unpaired) electrons. The van der Waals surface area contributed by atoms with Gasteiger partial charge >= 0.3 is 6.09 Å². The van der Waals surface area contributed by atoms with E-state index in [0.717, 1.165) is 26.4 Å². The largest absolute Gasteiger partial charge is 0.444 e. The highest BCUT2D eigenvalue weighted by Crippen LogP contribution is 2.46. The first-order chi connectivity index (χ1) is 18.1. The molecule has 0 bridgehead atoms. The molecule has 3 heterocycles. The fraction of sp³-hybridized carbons (Fsp3) is 0.357. The molecule has 1 unspecified atom stereocenters. The summed E-state index contributed by atoms with van der Waals surface area (Å²) in [4.78, 5) is 44.4. The summed E-state index contributed by atoms with van der Waals surface area (Å²) in [7, 11) is 1.61. The van der Waals surface area contributed by atoms with Crippen molar-refractivity contribution in [2.45, 2.75) is 32.4 Å². The fourth-order valence-electron chi connectivity index (χ4n) is 5.17. The average Bonchev–Trinajstić information content (AvgIpc) is 3.26. The van der Waals surface area contributed by atoms with Gasteiger partial charge in [0, 0.05) is 60.9 Å². The molecule has 1 saturated carbocycles. The van der Waals surface area contributed by atoms with Crippen LogP contribution in [0.3, 0.4) is 0 Å². The van der Waals surface area contributed by atoms with Crippen molar-refractivity contribution in [3.05, 3.63) is 59.8 Å². The summed E-state index contributed by atoms with van der Waals surface area (Å²) in [6.45, 7) is 6.81. The van der Waals surface area contributed by atoms with Crippen LogP contribution in [0, 0.1) is 11.8 Å². The molecule has 38 heavy (non-hydrogen) atoms. The monoisotopic (exact) mass is 531 g/mol. The molecular formula is C28H29N5O4S. The van der Waals surface area contributed by atoms with Gasteiger partial charge < -0.3 is 20.3 Å².